The maximum atomic E-state index is 11.0. The van der Waals surface area contributed by atoms with Gasteiger partial charge in [-0.15, -0.1) is 0 Å². The first kappa shape index (κ1) is 12.0. The zero-order chi connectivity index (χ0) is 11.8. The maximum absolute atomic E-state index is 11.0. The molecular weight excluding hydrogens is 210 g/mol. The number of nitrogens with one attached hydrogen (secondary N) is 2. The van der Waals surface area contributed by atoms with Gasteiger partial charge < -0.3 is 10.5 Å². The number of carbonyl (C=O) groups excluding carboxylic acids is 2. The first-order valence-corrected chi connectivity index (χ1v) is 4.64. The van der Waals surface area contributed by atoms with Gasteiger partial charge in [0, 0.05) is 0 Å². The summed E-state index contributed by atoms with van der Waals surface area (Å²) in [6, 6.07) is 8.61. The Bertz CT molecular complexity index is 354. The molecule has 0 aliphatic carbocycles. The average Bonchev–Trinajstić information content (AvgIpc) is 2.28. The number of hydrogen-bond acceptors (Lipinski definition) is 3. The first-order valence-electron chi connectivity index (χ1n) is 4.64. The SMILES string of the molecule is NC(=O)NNC(=O)COCc1ccccc1. The molecule has 0 radical (unpaired) electrons. The summed E-state index contributed by atoms with van der Waals surface area (Å²) in [6.07, 6.45) is 0. The normalized spacial score (nSPS) is 9.50. The van der Waals surface area contributed by atoms with Crippen LogP contribution >= 0.6 is 0 Å². The third kappa shape index (κ3) is 4.97. The number of carbonyl (C=O) groups is 2. The number of hydrogen-bond donors (Lipinski definition) is 3. The van der Waals surface area contributed by atoms with Gasteiger partial charge in [0.1, 0.15) is 6.61 Å². The zero-order valence-corrected chi connectivity index (χ0v) is 8.60. The second-order valence-corrected chi connectivity index (χ2v) is 3.02. The predicted molar refractivity (Wildman–Crippen MR) is 57.0 cm³/mol. The highest BCUT2D eigenvalue weighted by atomic mass is 16.5. The fraction of sp³-hybridized carbons (Fsp3) is 0.200. The Hall–Kier alpha value is -2.08. The highest BCUT2D eigenvalue weighted by Crippen LogP contribution is 1.99. The highest BCUT2D eigenvalue weighted by molar-refractivity contribution is 5.80. The molecular formula is C10H13N3O3. The van der Waals surface area contributed by atoms with Crippen molar-refractivity contribution in [3.8, 4) is 0 Å². The molecule has 86 valence electrons. The molecule has 1 rings (SSSR count). The Morgan fingerprint density at radius 3 is 2.50 bits per heavy atom. The molecule has 0 aliphatic rings. The van der Waals surface area contributed by atoms with Crippen molar-refractivity contribution in [2.24, 2.45) is 5.73 Å². The van der Waals surface area contributed by atoms with Crippen LogP contribution in [0.4, 0.5) is 4.79 Å². The van der Waals surface area contributed by atoms with E-state index >= 15 is 0 Å². The fourth-order valence-electron chi connectivity index (χ4n) is 1.00. The molecule has 3 amide bonds. The topological polar surface area (TPSA) is 93.5 Å². The van der Waals surface area contributed by atoms with Gasteiger partial charge in [-0.05, 0) is 5.56 Å². The van der Waals surface area contributed by atoms with Crippen LogP contribution in [-0.2, 0) is 16.1 Å². The molecule has 4 N–H and O–H groups in total. The van der Waals surface area contributed by atoms with Crippen molar-refractivity contribution in [1.82, 2.24) is 10.9 Å². The lowest BCUT2D eigenvalue weighted by Crippen LogP contribution is -2.45. The standard InChI is InChI=1S/C10H13N3O3/c11-10(15)13-12-9(14)7-16-6-8-4-2-1-3-5-8/h1-5H,6-7H2,(H,12,14)(H3,11,13,15). The molecule has 1 aromatic rings. The Labute approximate surface area is 92.7 Å². The van der Waals surface area contributed by atoms with Crippen LogP contribution < -0.4 is 16.6 Å². The van der Waals surface area contributed by atoms with E-state index in [4.69, 9.17) is 10.5 Å². The van der Waals surface area contributed by atoms with Crippen LogP contribution in [0, 0.1) is 0 Å². The van der Waals surface area contributed by atoms with Crippen molar-refractivity contribution in [3.63, 3.8) is 0 Å². The molecule has 0 aliphatic heterocycles. The van der Waals surface area contributed by atoms with E-state index in [2.05, 4.69) is 5.43 Å². The summed E-state index contributed by atoms with van der Waals surface area (Å²) in [5.41, 5.74) is 9.76. The minimum atomic E-state index is -0.823. The monoisotopic (exact) mass is 223 g/mol. The second-order valence-electron chi connectivity index (χ2n) is 3.02. The van der Waals surface area contributed by atoms with E-state index in [0.717, 1.165) is 5.56 Å². The van der Waals surface area contributed by atoms with E-state index in [-0.39, 0.29) is 6.61 Å². The van der Waals surface area contributed by atoms with Crippen molar-refractivity contribution < 1.29 is 14.3 Å². The Balaban J connectivity index is 2.16. The lowest BCUT2D eigenvalue weighted by atomic mass is 10.2. The van der Waals surface area contributed by atoms with Crippen LogP contribution in [0.2, 0.25) is 0 Å². The molecule has 16 heavy (non-hydrogen) atoms. The minimum absolute atomic E-state index is 0.144. The van der Waals surface area contributed by atoms with Crippen LogP contribution in [0.5, 0.6) is 0 Å². The minimum Gasteiger partial charge on any atom is -0.367 e. The molecule has 0 saturated carbocycles. The molecule has 0 unspecified atom stereocenters. The molecule has 1 aromatic carbocycles. The Kier molecular flexibility index (Phi) is 4.81. The predicted octanol–water partition coefficient (Wildman–Crippen LogP) is -0.0973. The van der Waals surface area contributed by atoms with E-state index in [0.29, 0.717) is 6.61 Å². The Morgan fingerprint density at radius 2 is 1.88 bits per heavy atom. The first-order chi connectivity index (χ1) is 7.68. The van der Waals surface area contributed by atoms with E-state index in [1.807, 2.05) is 35.8 Å². The summed E-state index contributed by atoms with van der Waals surface area (Å²) in [6.45, 7) is 0.194. The number of ether oxygens (including phenoxy) is 1. The summed E-state index contributed by atoms with van der Waals surface area (Å²) < 4.78 is 5.11. The van der Waals surface area contributed by atoms with Crippen LogP contribution in [0.3, 0.4) is 0 Å². The molecule has 0 spiro atoms. The molecule has 6 nitrogen and oxygen atoms in total. The van der Waals surface area contributed by atoms with Crippen molar-refractivity contribution >= 4 is 11.9 Å². The molecule has 0 fully saturated rings. The van der Waals surface area contributed by atoms with Crippen molar-refractivity contribution in [2.75, 3.05) is 6.61 Å². The van der Waals surface area contributed by atoms with Gasteiger partial charge in [0.25, 0.3) is 5.91 Å². The van der Waals surface area contributed by atoms with Gasteiger partial charge in [0.2, 0.25) is 0 Å². The smallest absolute Gasteiger partial charge is 0.330 e. The summed E-state index contributed by atoms with van der Waals surface area (Å²) >= 11 is 0. The van der Waals surface area contributed by atoms with Gasteiger partial charge in [-0.2, -0.15) is 0 Å². The van der Waals surface area contributed by atoms with Crippen molar-refractivity contribution in [1.29, 1.82) is 0 Å². The van der Waals surface area contributed by atoms with Gasteiger partial charge in [-0.3, -0.25) is 10.2 Å². The lowest BCUT2D eigenvalue weighted by Gasteiger charge is -2.05. The summed E-state index contributed by atoms with van der Waals surface area (Å²) in [5, 5.41) is 0. The van der Waals surface area contributed by atoms with Crippen molar-refractivity contribution in [3.05, 3.63) is 35.9 Å². The molecule has 0 aromatic heterocycles. The van der Waals surface area contributed by atoms with Crippen LogP contribution in [0.15, 0.2) is 30.3 Å². The number of nitrogens with two attached hydrogens (primary N) is 1. The molecule has 0 bridgehead atoms. The quantitative estimate of drug-likeness (QED) is 0.622. The zero-order valence-electron chi connectivity index (χ0n) is 8.60. The van der Waals surface area contributed by atoms with Crippen LogP contribution in [-0.4, -0.2) is 18.5 Å². The van der Waals surface area contributed by atoms with Crippen LogP contribution in [0.1, 0.15) is 5.56 Å². The third-order valence-corrected chi connectivity index (χ3v) is 1.67. The van der Waals surface area contributed by atoms with Gasteiger partial charge in [0.05, 0.1) is 6.61 Å². The third-order valence-electron chi connectivity index (χ3n) is 1.67. The largest absolute Gasteiger partial charge is 0.367 e. The number of urea groups is 1. The number of primary amides is 1. The number of benzene rings is 1. The van der Waals surface area contributed by atoms with E-state index < -0.39 is 11.9 Å². The average molecular weight is 223 g/mol. The fourth-order valence-corrected chi connectivity index (χ4v) is 1.00. The molecule has 0 atom stereocenters. The number of rotatable bonds is 4. The van der Waals surface area contributed by atoms with E-state index in [1.54, 1.807) is 0 Å². The summed E-state index contributed by atoms with van der Waals surface area (Å²) in [4.78, 5) is 21.3. The van der Waals surface area contributed by atoms with Crippen LogP contribution in [0.25, 0.3) is 0 Å². The summed E-state index contributed by atoms with van der Waals surface area (Å²) in [7, 11) is 0. The molecule has 0 heterocycles. The second kappa shape index (κ2) is 6.41. The van der Waals surface area contributed by atoms with Gasteiger partial charge in [-0.25, -0.2) is 10.2 Å². The Morgan fingerprint density at radius 1 is 1.19 bits per heavy atom. The van der Waals surface area contributed by atoms with Gasteiger partial charge >= 0.3 is 6.03 Å². The van der Waals surface area contributed by atoms with E-state index in [1.165, 1.54) is 0 Å². The van der Waals surface area contributed by atoms with Gasteiger partial charge in [-0.1, -0.05) is 30.3 Å². The summed E-state index contributed by atoms with van der Waals surface area (Å²) in [5.74, 6) is -0.463. The molecule has 0 saturated heterocycles. The van der Waals surface area contributed by atoms with Gasteiger partial charge in [0.15, 0.2) is 0 Å². The number of hydrazine groups is 1. The lowest BCUT2D eigenvalue weighted by molar-refractivity contribution is -0.126. The number of amides is 3. The highest BCUT2D eigenvalue weighted by Gasteiger charge is 2.01. The van der Waals surface area contributed by atoms with Crippen molar-refractivity contribution in [2.45, 2.75) is 6.61 Å². The van der Waals surface area contributed by atoms with E-state index in [9.17, 15) is 9.59 Å². The molecule has 6 heteroatoms. The maximum Gasteiger partial charge on any atom is 0.330 e.